The van der Waals surface area contributed by atoms with Crippen LogP contribution in [0, 0.1) is 0 Å². The molecular formula is C48H30N4. The summed E-state index contributed by atoms with van der Waals surface area (Å²) in [6.45, 7) is 0. The molecule has 4 aromatic heterocycles. The number of pyridine rings is 4. The normalized spacial score (nSPS) is 11.5. The minimum Gasteiger partial charge on any atom is -0.254 e. The van der Waals surface area contributed by atoms with Gasteiger partial charge in [0.05, 0.1) is 33.5 Å². The Morgan fingerprint density at radius 3 is 1.65 bits per heavy atom. The zero-order chi connectivity index (χ0) is 34.4. The van der Waals surface area contributed by atoms with Gasteiger partial charge in [-0.3, -0.25) is 9.97 Å². The molecule has 0 atom stereocenters. The molecule has 10 aromatic rings. The summed E-state index contributed by atoms with van der Waals surface area (Å²) in [4.78, 5) is 19.4. The van der Waals surface area contributed by atoms with Gasteiger partial charge in [-0.05, 0) is 88.0 Å². The highest BCUT2D eigenvalue weighted by atomic mass is 14.7. The lowest BCUT2D eigenvalue weighted by atomic mass is 9.98. The topological polar surface area (TPSA) is 51.6 Å². The SMILES string of the molecule is c1ccc(-c2cccc(-c3ccc4cc(-c5ccc6nc(-c7ccc(-c8ccnc9c8ccc8cccnc89)cc7)ccc6c5)ccc4n3)c2)cc1. The molecule has 0 saturated carbocycles. The summed E-state index contributed by atoms with van der Waals surface area (Å²) in [7, 11) is 0. The van der Waals surface area contributed by atoms with Crippen LogP contribution in [0.1, 0.15) is 0 Å². The standard InChI is InChI=1S/C48H30N4/c1-2-6-31(7-3-1)35-8-4-9-38(28-35)44-24-19-40-30-37(17-22-46(40)52-44)36-16-21-45-39(29-36)18-23-43(51-45)33-13-11-32(12-14-33)41-25-27-50-48-42(41)20-15-34-10-5-26-49-47(34)48/h1-30H. The maximum atomic E-state index is 5.05. The maximum Gasteiger partial charge on any atom is 0.0970 e. The Labute approximate surface area is 300 Å². The zero-order valence-electron chi connectivity index (χ0n) is 28.1. The Morgan fingerprint density at radius 2 is 0.904 bits per heavy atom. The average molecular weight is 663 g/mol. The van der Waals surface area contributed by atoms with E-state index < -0.39 is 0 Å². The molecule has 0 aliphatic carbocycles. The lowest BCUT2D eigenvalue weighted by Crippen LogP contribution is -1.89. The summed E-state index contributed by atoms with van der Waals surface area (Å²) in [6, 6.07) is 59.7. The Kier molecular flexibility index (Phi) is 7.10. The third-order valence-electron chi connectivity index (χ3n) is 9.95. The molecule has 0 saturated heterocycles. The third kappa shape index (κ3) is 5.34. The highest BCUT2D eigenvalue weighted by Crippen LogP contribution is 2.34. The van der Waals surface area contributed by atoms with Gasteiger partial charge in [-0.15, -0.1) is 0 Å². The van der Waals surface area contributed by atoms with Crippen molar-refractivity contribution in [1.29, 1.82) is 0 Å². The van der Waals surface area contributed by atoms with E-state index >= 15 is 0 Å². The molecular weight excluding hydrogens is 633 g/mol. The molecule has 0 aliphatic heterocycles. The van der Waals surface area contributed by atoms with E-state index in [4.69, 9.17) is 9.97 Å². The van der Waals surface area contributed by atoms with E-state index in [-0.39, 0.29) is 0 Å². The van der Waals surface area contributed by atoms with Crippen LogP contribution in [0.2, 0.25) is 0 Å². The van der Waals surface area contributed by atoms with Gasteiger partial charge in [0, 0.05) is 45.1 Å². The van der Waals surface area contributed by atoms with Crippen LogP contribution >= 0.6 is 0 Å². The van der Waals surface area contributed by atoms with E-state index in [9.17, 15) is 0 Å². The van der Waals surface area contributed by atoms with Gasteiger partial charge in [0.25, 0.3) is 0 Å². The van der Waals surface area contributed by atoms with Crippen LogP contribution in [-0.2, 0) is 0 Å². The summed E-state index contributed by atoms with van der Waals surface area (Å²) >= 11 is 0. The van der Waals surface area contributed by atoms with Crippen LogP contribution in [0.15, 0.2) is 182 Å². The van der Waals surface area contributed by atoms with Gasteiger partial charge in [-0.25, -0.2) is 9.97 Å². The summed E-state index contributed by atoms with van der Waals surface area (Å²) in [5.74, 6) is 0. The Balaban J connectivity index is 0.913. The van der Waals surface area contributed by atoms with E-state index in [0.29, 0.717) is 0 Å². The average Bonchev–Trinajstić information content (AvgIpc) is 3.23. The van der Waals surface area contributed by atoms with Gasteiger partial charge in [0.2, 0.25) is 0 Å². The second-order valence-corrected chi connectivity index (χ2v) is 13.1. The number of aromatic nitrogens is 4. The van der Waals surface area contributed by atoms with Crippen molar-refractivity contribution >= 4 is 43.6 Å². The highest BCUT2D eigenvalue weighted by molar-refractivity contribution is 6.08. The number of fused-ring (bicyclic) bond motifs is 5. The van der Waals surface area contributed by atoms with Crippen molar-refractivity contribution in [3.63, 3.8) is 0 Å². The van der Waals surface area contributed by atoms with Crippen molar-refractivity contribution in [2.24, 2.45) is 0 Å². The Hall–Kier alpha value is -7.04. The Morgan fingerprint density at radius 1 is 0.308 bits per heavy atom. The van der Waals surface area contributed by atoms with Crippen LogP contribution in [-0.4, -0.2) is 19.9 Å². The largest absolute Gasteiger partial charge is 0.254 e. The maximum absolute atomic E-state index is 5.05. The number of nitrogens with zero attached hydrogens (tertiary/aromatic N) is 4. The van der Waals surface area contributed by atoms with E-state index in [2.05, 4.69) is 168 Å². The third-order valence-corrected chi connectivity index (χ3v) is 9.95. The molecule has 0 radical (unpaired) electrons. The fraction of sp³-hybridized carbons (Fsp3) is 0. The first kappa shape index (κ1) is 29.8. The fourth-order valence-electron chi connectivity index (χ4n) is 7.25. The lowest BCUT2D eigenvalue weighted by molar-refractivity contribution is 1.37. The van der Waals surface area contributed by atoms with Gasteiger partial charge in [0.15, 0.2) is 0 Å². The van der Waals surface area contributed by atoms with Crippen molar-refractivity contribution in [1.82, 2.24) is 19.9 Å². The van der Waals surface area contributed by atoms with Gasteiger partial charge in [-0.2, -0.15) is 0 Å². The molecule has 10 rings (SSSR count). The minimum atomic E-state index is 0.922. The quantitative estimate of drug-likeness (QED) is 0.172. The highest BCUT2D eigenvalue weighted by Gasteiger charge is 2.11. The number of benzene rings is 6. The van der Waals surface area contributed by atoms with Crippen molar-refractivity contribution < 1.29 is 0 Å². The molecule has 4 heterocycles. The fourth-order valence-corrected chi connectivity index (χ4v) is 7.25. The molecule has 4 heteroatoms. The monoisotopic (exact) mass is 662 g/mol. The van der Waals surface area contributed by atoms with E-state index in [1.54, 1.807) is 0 Å². The summed E-state index contributed by atoms with van der Waals surface area (Å²) in [6.07, 6.45) is 3.70. The van der Waals surface area contributed by atoms with E-state index in [0.717, 1.165) is 88.4 Å². The zero-order valence-corrected chi connectivity index (χ0v) is 28.1. The Bertz CT molecular complexity index is 2950. The predicted octanol–water partition coefficient (Wildman–Crippen LogP) is 12.2. The molecule has 0 bridgehead atoms. The van der Waals surface area contributed by atoms with E-state index in [1.807, 2.05) is 24.5 Å². The molecule has 52 heavy (non-hydrogen) atoms. The first-order valence-corrected chi connectivity index (χ1v) is 17.4. The summed E-state index contributed by atoms with van der Waals surface area (Å²) in [5.41, 5.74) is 14.9. The molecule has 0 spiro atoms. The van der Waals surface area contributed by atoms with Crippen LogP contribution < -0.4 is 0 Å². The molecule has 0 fully saturated rings. The molecule has 0 N–H and O–H groups in total. The van der Waals surface area contributed by atoms with Crippen molar-refractivity contribution in [2.45, 2.75) is 0 Å². The second-order valence-electron chi connectivity index (χ2n) is 13.1. The van der Waals surface area contributed by atoms with Crippen LogP contribution in [0.4, 0.5) is 0 Å². The molecule has 0 amide bonds. The van der Waals surface area contributed by atoms with Crippen molar-refractivity contribution in [2.75, 3.05) is 0 Å². The second kappa shape index (κ2) is 12.4. The summed E-state index contributed by atoms with van der Waals surface area (Å²) in [5, 5.41) is 4.41. The first-order valence-electron chi connectivity index (χ1n) is 17.4. The number of rotatable bonds is 5. The lowest BCUT2D eigenvalue weighted by Gasteiger charge is -2.10. The molecule has 0 unspecified atom stereocenters. The molecule has 242 valence electrons. The van der Waals surface area contributed by atoms with Crippen molar-refractivity contribution in [3.8, 4) is 55.9 Å². The van der Waals surface area contributed by atoms with Crippen LogP contribution in [0.5, 0.6) is 0 Å². The van der Waals surface area contributed by atoms with Gasteiger partial charge in [0.1, 0.15) is 0 Å². The smallest absolute Gasteiger partial charge is 0.0970 e. The van der Waals surface area contributed by atoms with Gasteiger partial charge < -0.3 is 0 Å². The number of hydrogen-bond donors (Lipinski definition) is 0. The minimum absolute atomic E-state index is 0.922. The first-order chi connectivity index (χ1) is 25.7. The van der Waals surface area contributed by atoms with Crippen molar-refractivity contribution in [3.05, 3.63) is 182 Å². The van der Waals surface area contributed by atoms with Crippen LogP contribution in [0.25, 0.3) is 99.5 Å². The molecule has 4 nitrogen and oxygen atoms in total. The summed E-state index contributed by atoms with van der Waals surface area (Å²) < 4.78 is 0. The van der Waals surface area contributed by atoms with Gasteiger partial charge in [-0.1, -0.05) is 115 Å². The van der Waals surface area contributed by atoms with Crippen LogP contribution in [0.3, 0.4) is 0 Å². The number of hydrogen-bond acceptors (Lipinski definition) is 4. The molecule has 6 aromatic carbocycles. The predicted molar refractivity (Wildman–Crippen MR) is 215 cm³/mol. The van der Waals surface area contributed by atoms with E-state index in [1.165, 1.54) is 11.1 Å². The molecule has 0 aliphatic rings. The van der Waals surface area contributed by atoms with Gasteiger partial charge >= 0.3 is 0 Å².